The quantitative estimate of drug-likeness (QED) is 0.825. The van der Waals surface area contributed by atoms with E-state index < -0.39 is 0 Å². The minimum absolute atomic E-state index is 0. The first-order chi connectivity index (χ1) is 10.2. The van der Waals surface area contributed by atoms with Crippen LogP contribution in [0, 0.1) is 5.92 Å². The number of nitrogens with zero attached hydrogens (tertiary/aromatic N) is 1. The van der Waals surface area contributed by atoms with Crippen LogP contribution in [-0.2, 0) is 4.79 Å². The standard InChI is InChI=1S/C15H23N3O2S.ClH/c1-18(15(20)13-5-3-9-21-13)11-14(19)17-8-6-12-4-2-7-16-10-12;/h3,5,9,12,16H,2,4,6-8,10-11H2,1H3,(H,17,19);1H. The van der Waals surface area contributed by atoms with E-state index in [4.69, 9.17) is 0 Å². The summed E-state index contributed by atoms with van der Waals surface area (Å²) in [6.45, 7) is 2.96. The molecule has 1 saturated heterocycles. The number of thiophene rings is 1. The lowest BCUT2D eigenvalue weighted by Crippen LogP contribution is -2.39. The lowest BCUT2D eigenvalue weighted by atomic mass is 9.96. The van der Waals surface area contributed by atoms with Gasteiger partial charge in [-0.05, 0) is 49.7 Å². The van der Waals surface area contributed by atoms with E-state index in [1.54, 1.807) is 13.1 Å². The van der Waals surface area contributed by atoms with Crippen molar-refractivity contribution in [3.05, 3.63) is 22.4 Å². The zero-order chi connectivity index (χ0) is 15.1. The zero-order valence-electron chi connectivity index (χ0n) is 12.8. The zero-order valence-corrected chi connectivity index (χ0v) is 14.5. The Morgan fingerprint density at radius 2 is 2.32 bits per heavy atom. The molecule has 124 valence electrons. The Labute approximate surface area is 141 Å². The molecule has 0 spiro atoms. The lowest BCUT2D eigenvalue weighted by Gasteiger charge is -2.23. The topological polar surface area (TPSA) is 61.4 Å². The molecule has 0 saturated carbocycles. The van der Waals surface area contributed by atoms with Gasteiger partial charge in [0.05, 0.1) is 11.4 Å². The van der Waals surface area contributed by atoms with Crippen molar-refractivity contribution in [1.29, 1.82) is 0 Å². The van der Waals surface area contributed by atoms with Crippen LogP contribution in [0.1, 0.15) is 28.9 Å². The number of carbonyl (C=O) groups excluding carboxylic acids is 2. The SMILES string of the molecule is CN(CC(=O)NCCC1CCCNC1)C(=O)c1cccs1.Cl. The molecule has 1 aliphatic rings. The normalized spacial score (nSPS) is 17.4. The van der Waals surface area contributed by atoms with E-state index in [0.29, 0.717) is 17.3 Å². The van der Waals surface area contributed by atoms with Gasteiger partial charge in [0.1, 0.15) is 0 Å². The second kappa shape index (κ2) is 9.82. The lowest BCUT2D eigenvalue weighted by molar-refractivity contribution is -0.121. The van der Waals surface area contributed by atoms with E-state index in [0.717, 1.165) is 19.5 Å². The Balaban J connectivity index is 0.00000242. The highest BCUT2D eigenvalue weighted by atomic mass is 35.5. The van der Waals surface area contributed by atoms with Gasteiger partial charge in [0.15, 0.2) is 0 Å². The van der Waals surface area contributed by atoms with Crippen molar-refractivity contribution in [3.63, 3.8) is 0 Å². The summed E-state index contributed by atoms with van der Waals surface area (Å²) in [6.07, 6.45) is 3.46. The maximum atomic E-state index is 12.0. The summed E-state index contributed by atoms with van der Waals surface area (Å²) in [7, 11) is 1.66. The van der Waals surface area contributed by atoms with E-state index in [2.05, 4.69) is 10.6 Å². The predicted octanol–water partition coefficient (Wildman–Crippen LogP) is 1.75. The molecule has 0 aromatic carbocycles. The van der Waals surface area contributed by atoms with Gasteiger partial charge in [-0.1, -0.05) is 6.07 Å². The van der Waals surface area contributed by atoms with Crippen LogP contribution in [0.4, 0.5) is 0 Å². The van der Waals surface area contributed by atoms with E-state index in [1.807, 2.05) is 11.4 Å². The summed E-state index contributed by atoms with van der Waals surface area (Å²) >= 11 is 1.39. The third-order valence-electron chi connectivity index (χ3n) is 3.73. The first-order valence-electron chi connectivity index (χ1n) is 7.43. The maximum absolute atomic E-state index is 12.0. The Bertz CT molecular complexity index is 461. The van der Waals surface area contributed by atoms with Crippen molar-refractivity contribution < 1.29 is 9.59 Å². The summed E-state index contributed by atoms with van der Waals surface area (Å²) in [5.74, 6) is 0.465. The Morgan fingerprint density at radius 1 is 1.50 bits per heavy atom. The summed E-state index contributed by atoms with van der Waals surface area (Å²) in [5.41, 5.74) is 0. The second-order valence-corrected chi connectivity index (χ2v) is 6.44. The maximum Gasteiger partial charge on any atom is 0.264 e. The molecule has 0 bridgehead atoms. The molecule has 5 nitrogen and oxygen atoms in total. The Kier molecular flexibility index (Phi) is 8.45. The smallest absolute Gasteiger partial charge is 0.264 e. The number of likely N-dealkylation sites (N-methyl/N-ethyl adjacent to an activating group) is 1. The number of rotatable bonds is 6. The van der Waals surface area contributed by atoms with Crippen molar-refractivity contribution in [2.45, 2.75) is 19.3 Å². The fourth-order valence-corrected chi connectivity index (χ4v) is 3.24. The number of piperidine rings is 1. The molecule has 0 aliphatic carbocycles. The molecule has 2 rings (SSSR count). The minimum Gasteiger partial charge on any atom is -0.355 e. The largest absolute Gasteiger partial charge is 0.355 e. The fourth-order valence-electron chi connectivity index (χ4n) is 2.52. The number of carbonyl (C=O) groups is 2. The minimum atomic E-state index is -0.100. The summed E-state index contributed by atoms with van der Waals surface area (Å²) < 4.78 is 0. The first-order valence-corrected chi connectivity index (χ1v) is 8.31. The van der Waals surface area contributed by atoms with Gasteiger partial charge in [-0.3, -0.25) is 9.59 Å². The molecule has 7 heteroatoms. The Hall–Kier alpha value is -1.11. The van der Waals surface area contributed by atoms with Crippen LogP contribution < -0.4 is 10.6 Å². The third-order valence-corrected chi connectivity index (χ3v) is 4.59. The van der Waals surface area contributed by atoms with Gasteiger partial charge in [-0.2, -0.15) is 0 Å². The van der Waals surface area contributed by atoms with Crippen LogP contribution in [0.5, 0.6) is 0 Å². The van der Waals surface area contributed by atoms with E-state index in [9.17, 15) is 9.59 Å². The van der Waals surface area contributed by atoms with Crippen LogP contribution in [0.25, 0.3) is 0 Å². The van der Waals surface area contributed by atoms with Crippen LogP contribution >= 0.6 is 23.7 Å². The highest BCUT2D eigenvalue weighted by Crippen LogP contribution is 2.13. The van der Waals surface area contributed by atoms with Gasteiger partial charge in [0.2, 0.25) is 5.91 Å². The molecule has 2 N–H and O–H groups in total. The van der Waals surface area contributed by atoms with Crippen LogP contribution in [-0.4, -0.2) is 49.9 Å². The predicted molar refractivity (Wildman–Crippen MR) is 91.7 cm³/mol. The molecule has 1 aliphatic heterocycles. The average molecular weight is 346 g/mol. The van der Waals surface area contributed by atoms with Crippen molar-refractivity contribution in [3.8, 4) is 0 Å². The molecule has 1 atom stereocenters. The van der Waals surface area contributed by atoms with Crippen LogP contribution in [0.15, 0.2) is 17.5 Å². The average Bonchev–Trinajstić information content (AvgIpc) is 3.01. The van der Waals surface area contributed by atoms with E-state index in [-0.39, 0.29) is 30.8 Å². The van der Waals surface area contributed by atoms with Gasteiger partial charge in [0.25, 0.3) is 5.91 Å². The highest BCUT2D eigenvalue weighted by molar-refractivity contribution is 7.12. The number of hydrogen-bond donors (Lipinski definition) is 2. The monoisotopic (exact) mass is 345 g/mol. The number of nitrogens with one attached hydrogen (secondary N) is 2. The molecule has 1 fully saturated rings. The second-order valence-electron chi connectivity index (χ2n) is 5.49. The summed E-state index contributed by atoms with van der Waals surface area (Å²) in [5, 5.41) is 8.14. The van der Waals surface area contributed by atoms with Gasteiger partial charge in [0, 0.05) is 13.6 Å². The molecule has 2 heterocycles. The van der Waals surface area contributed by atoms with Gasteiger partial charge in [-0.25, -0.2) is 0 Å². The van der Waals surface area contributed by atoms with Gasteiger partial charge in [-0.15, -0.1) is 23.7 Å². The van der Waals surface area contributed by atoms with Gasteiger partial charge < -0.3 is 15.5 Å². The van der Waals surface area contributed by atoms with Crippen molar-refractivity contribution in [1.82, 2.24) is 15.5 Å². The molecular formula is C15H24ClN3O2S. The van der Waals surface area contributed by atoms with E-state index in [1.165, 1.54) is 29.1 Å². The van der Waals surface area contributed by atoms with Crippen molar-refractivity contribution in [2.24, 2.45) is 5.92 Å². The number of hydrogen-bond acceptors (Lipinski definition) is 4. The van der Waals surface area contributed by atoms with Crippen molar-refractivity contribution in [2.75, 3.05) is 33.2 Å². The summed E-state index contributed by atoms with van der Waals surface area (Å²) in [6, 6.07) is 3.61. The molecule has 1 aromatic heterocycles. The fraction of sp³-hybridized carbons (Fsp3) is 0.600. The summed E-state index contributed by atoms with van der Waals surface area (Å²) in [4.78, 5) is 26.0. The van der Waals surface area contributed by atoms with Crippen LogP contribution in [0.2, 0.25) is 0 Å². The number of amides is 2. The molecule has 2 amide bonds. The highest BCUT2D eigenvalue weighted by Gasteiger charge is 2.16. The molecule has 1 aromatic rings. The number of halogens is 1. The molecular weight excluding hydrogens is 322 g/mol. The van der Waals surface area contributed by atoms with Crippen LogP contribution in [0.3, 0.4) is 0 Å². The molecule has 0 radical (unpaired) electrons. The van der Waals surface area contributed by atoms with Gasteiger partial charge >= 0.3 is 0 Å². The van der Waals surface area contributed by atoms with Crippen molar-refractivity contribution >= 4 is 35.6 Å². The Morgan fingerprint density at radius 3 is 2.95 bits per heavy atom. The third kappa shape index (κ3) is 5.94. The first kappa shape index (κ1) is 18.9. The molecule has 1 unspecified atom stereocenters. The van der Waals surface area contributed by atoms with E-state index >= 15 is 0 Å². The molecule has 22 heavy (non-hydrogen) atoms.